The summed E-state index contributed by atoms with van der Waals surface area (Å²) in [5.74, 6) is 0. The Morgan fingerprint density at radius 1 is 1.10 bits per heavy atom. The summed E-state index contributed by atoms with van der Waals surface area (Å²) in [7, 11) is -3.84. The van der Waals surface area contributed by atoms with E-state index in [1.165, 1.54) is 23.4 Å². The average molecular weight is 427 g/mol. The highest BCUT2D eigenvalue weighted by Crippen LogP contribution is 2.26. The zero-order valence-electron chi connectivity index (χ0n) is 16.9. The lowest BCUT2D eigenvalue weighted by Crippen LogP contribution is -2.31. The number of benzene rings is 1. The standard InChI is InChI=1S/C20H21N5O4S/c1-13-5-7-14(8-6-13)30(27,28)25-10-9-15-17-16(11-21-18(15)25)22-12-24(17)23-19(26)29-20(2,3)4/h5-12H,1-4H3,(H,23,26). The molecule has 0 aliphatic carbocycles. The lowest BCUT2D eigenvalue weighted by Gasteiger charge is -2.20. The second kappa shape index (κ2) is 6.84. The first-order valence-electron chi connectivity index (χ1n) is 9.22. The molecule has 4 rings (SSSR count). The molecule has 10 heteroatoms. The molecule has 3 aromatic heterocycles. The molecule has 1 N–H and O–H groups in total. The summed E-state index contributed by atoms with van der Waals surface area (Å²) < 4.78 is 34.1. The van der Waals surface area contributed by atoms with E-state index in [-0.39, 0.29) is 10.5 Å². The molecule has 4 aromatic rings. The van der Waals surface area contributed by atoms with E-state index in [1.807, 2.05) is 6.92 Å². The van der Waals surface area contributed by atoms with E-state index in [9.17, 15) is 13.2 Å². The number of aromatic nitrogens is 4. The van der Waals surface area contributed by atoms with E-state index < -0.39 is 21.7 Å². The summed E-state index contributed by atoms with van der Waals surface area (Å²) >= 11 is 0. The third-order valence-corrected chi connectivity index (χ3v) is 6.06. The normalized spacial score (nSPS) is 12.4. The number of carbonyl (C=O) groups excluding carboxylic acids is 1. The Kier molecular flexibility index (Phi) is 4.53. The van der Waals surface area contributed by atoms with Crippen LogP contribution in [-0.2, 0) is 14.8 Å². The fraction of sp³-hybridized carbons (Fsp3) is 0.250. The summed E-state index contributed by atoms with van der Waals surface area (Å²) in [6.45, 7) is 7.17. The van der Waals surface area contributed by atoms with Gasteiger partial charge in [-0.3, -0.25) is 0 Å². The van der Waals surface area contributed by atoms with Crippen LogP contribution in [0.15, 0.2) is 53.9 Å². The maximum absolute atomic E-state index is 13.1. The van der Waals surface area contributed by atoms with Crippen LogP contribution in [0.2, 0.25) is 0 Å². The fourth-order valence-electron chi connectivity index (χ4n) is 3.07. The van der Waals surface area contributed by atoms with Crippen molar-refractivity contribution in [3.63, 3.8) is 0 Å². The van der Waals surface area contributed by atoms with Crippen molar-refractivity contribution in [1.29, 1.82) is 0 Å². The molecular weight excluding hydrogens is 406 g/mol. The van der Waals surface area contributed by atoms with Crippen LogP contribution in [-0.4, -0.2) is 38.7 Å². The van der Waals surface area contributed by atoms with Crippen molar-refractivity contribution in [1.82, 2.24) is 18.6 Å². The number of nitrogens with zero attached hydrogens (tertiary/aromatic N) is 4. The quantitative estimate of drug-likeness (QED) is 0.537. The lowest BCUT2D eigenvalue weighted by atomic mass is 10.2. The molecule has 1 aromatic carbocycles. The number of pyridine rings is 1. The third-order valence-electron chi connectivity index (χ3n) is 4.37. The van der Waals surface area contributed by atoms with Crippen LogP contribution in [0.5, 0.6) is 0 Å². The van der Waals surface area contributed by atoms with E-state index in [0.717, 1.165) is 9.54 Å². The van der Waals surface area contributed by atoms with Gasteiger partial charge in [0.1, 0.15) is 23.0 Å². The van der Waals surface area contributed by atoms with Gasteiger partial charge in [0.25, 0.3) is 10.0 Å². The van der Waals surface area contributed by atoms with E-state index in [2.05, 4.69) is 15.4 Å². The zero-order valence-corrected chi connectivity index (χ0v) is 17.8. The number of aryl methyl sites for hydroxylation is 1. The first-order valence-corrected chi connectivity index (χ1v) is 10.7. The van der Waals surface area contributed by atoms with Crippen molar-refractivity contribution < 1.29 is 17.9 Å². The first kappa shape index (κ1) is 19.9. The molecule has 0 atom stereocenters. The van der Waals surface area contributed by atoms with Gasteiger partial charge in [0.15, 0.2) is 5.65 Å². The highest BCUT2D eigenvalue weighted by molar-refractivity contribution is 7.90. The minimum atomic E-state index is -3.84. The number of imidazole rings is 1. The SMILES string of the molecule is Cc1ccc(S(=O)(=O)n2ccc3c4c(cnc32)ncn4NC(=O)OC(C)(C)C)cc1. The van der Waals surface area contributed by atoms with Gasteiger partial charge in [-0.25, -0.2) is 37.3 Å². The van der Waals surface area contributed by atoms with Crippen molar-refractivity contribution in [2.75, 3.05) is 5.43 Å². The van der Waals surface area contributed by atoms with Crippen molar-refractivity contribution in [3.05, 3.63) is 54.6 Å². The minimum absolute atomic E-state index is 0.160. The molecule has 0 bridgehead atoms. The number of hydrogen-bond donors (Lipinski definition) is 1. The van der Waals surface area contributed by atoms with E-state index in [0.29, 0.717) is 16.4 Å². The predicted octanol–water partition coefficient (Wildman–Crippen LogP) is 3.41. The van der Waals surface area contributed by atoms with E-state index in [1.54, 1.807) is 51.1 Å². The van der Waals surface area contributed by atoms with Crippen molar-refractivity contribution in [3.8, 4) is 0 Å². The topological polar surface area (TPSA) is 108 Å². The van der Waals surface area contributed by atoms with Crippen molar-refractivity contribution in [2.24, 2.45) is 0 Å². The summed E-state index contributed by atoms with van der Waals surface area (Å²) in [6, 6.07) is 8.23. The molecule has 0 saturated heterocycles. The Morgan fingerprint density at radius 2 is 1.80 bits per heavy atom. The summed E-state index contributed by atoms with van der Waals surface area (Å²) in [5, 5.41) is 0.525. The number of rotatable bonds is 3. The molecule has 0 unspecified atom stereocenters. The molecule has 0 aliphatic heterocycles. The van der Waals surface area contributed by atoms with E-state index >= 15 is 0 Å². The molecule has 156 valence electrons. The van der Waals surface area contributed by atoms with Gasteiger partial charge in [-0.2, -0.15) is 0 Å². The third kappa shape index (κ3) is 3.50. The van der Waals surface area contributed by atoms with Gasteiger partial charge in [-0.05, 0) is 45.9 Å². The molecule has 1 amide bonds. The zero-order chi connectivity index (χ0) is 21.7. The monoisotopic (exact) mass is 427 g/mol. The van der Waals surface area contributed by atoms with Gasteiger partial charge < -0.3 is 4.74 Å². The molecule has 0 fully saturated rings. The average Bonchev–Trinajstić information content (AvgIpc) is 3.24. The number of carbonyl (C=O) groups is 1. The number of amides is 1. The smallest absolute Gasteiger partial charge is 0.427 e. The van der Waals surface area contributed by atoms with Crippen LogP contribution in [0.1, 0.15) is 26.3 Å². The van der Waals surface area contributed by atoms with E-state index in [4.69, 9.17) is 4.74 Å². The summed E-state index contributed by atoms with van der Waals surface area (Å²) in [4.78, 5) is 20.9. The van der Waals surface area contributed by atoms with Crippen LogP contribution < -0.4 is 5.43 Å². The highest BCUT2D eigenvalue weighted by atomic mass is 32.2. The highest BCUT2D eigenvalue weighted by Gasteiger charge is 2.22. The van der Waals surface area contributed by atoms with Crippen LogP contribution in [0.3, 0.4) is 0 Å². The van der Waals surface area contributed by atoms with Crippen molar-refractivity contribution in [2.45, 2.75) is 38.2 Å². The number of fused-ring (bicyclic) bond motifs is 3. The van der Waals surface area contributed by atoms with Gasteiger partial charge in [-0.15, -0.1) is 0 Å². The van der Waals surface area contributed by atoms with Gasteiger partial charge >= 0.3 is 6.09 Å². The molecule has 0 saturated carbocycles. The second-order valence-corrected chi connectivity index (χ2v) is 9.70. The number of hydrogen-bond acceptors (Lipinski definition) is 6. The van der Waals surface area contributed by atoms with Gasteiger partial charge in [0.05, 0.1) is 11.1 Å². The fourth-order valence-corrected chi connectivity index (χ4v) is 4.37. The minimum Gasteiger partial charge on any atom is -0.443 e. The molecule has 0 radical (unpaired) electrons. The molecule has 30 heavy (non-hydrogen) atoms. The Balaban J connectivity index is 1.81. The summed E-state index contributed by atoms with van der Waals surface area (Å²) in [6.07, 6.45) is 3.67. The van der Waals surface area contributed by atoms with Crippen LogP contribution in [0.4, 0.5) is 4.79 Å². The summed E-state index contributed by atoms with van der Waals surface area (Å²) in [5.41, 5.74) is 4.16. The molecular formula is C20H21N5O4S. The van der Waals surface area contributed by atoms with Crippen molar-refractivity contribution >= 4 is 38.2 Å². The number of nitrogens with one attached hydrogen (secondary N) is 1. The van der Waals surface area contributed by atoms with Crippen LogP contribution in [0, 0.1) is 6.92 Å². The molecule has 0 aliphatic rings. The molecule has 3 heterocycles. The largest absolute Gasteiger partial charge is 0.443 e. The molecule has 9 nitrogen and oxygen atoms in total. The van der Waals surface area contributed by atoms with Crippen LogP contribution >= 0.6 is 0 Å². The Morgan fingerprint density at radius 3 is 2.47 bits per heavy atom. The van der Waals surface area contributed by atoms with Gasteiger partial charge in [-0.1, -0.05) is 17.7 Å². The predicted molar refractivity (Wildman–Crippen MR) is 112 cm³/mol. The van der Waals surface area contributed by atoms with Crippen LogP contribution in [0.25, 0.3) is 22.1 Å². The Bertz CT molecular complexity index is 1360. The number of ether oxygens (including phenoxy) is 1. The molecule has 0 spiro atoms. The lowest BCUT2D eigenvalue weighted by molar-refractivity contribution is 0.0614. The Labute approximate surface area is 173 Å². The Hall–Kier alpha value is -3.40. The maximum Gasteiger partial charge on any atom is 0.427 e. The maximum atomic E-state index is 13.1. The first-order chi connectivity index (χ1) is 14.1. The second-order valence-electron chi connectivity index (χ2n) is 7.89. The van der Waals surface area contributed by atoms with Gasteiger partial charge in [0.2, 0.25) is 0 Å². The van der Waals surface area contributed by atoms with Gasteiger partial charge in [0, 0.05) is 11.6 Å².